The molecule has 0 saturated carbocycles. The van der Waals surface area contributed by atoms with Gasteiger partial charge in [-0.1, -0.05) is 24.3 Å². The lowest BCUT2D eigenvalue weighted by molar-refractivity contribution is 0.414. The summed E-state index contributed by atoms with van der Waals surface area (Å²) >= 11 is 0. The summed E-state index contributed by atoms with van der Waals surface area (Å²) in [6.45, 7) is 0. The van der Waals surface area contributed by atoms with Gasteiger partial charge in [0.15, 0.2) is 0 Å². The van der Waals surface area contributed by atoms with Crippen molar-refractivity contribution in [2.75, 3.05) is 19.2 Å². The van der Waals surface area contributed by atoms with Crippen LogP contribution in [0.2, 0.25) is 0 Å². The van der Waals surface area contributed by atoms with E-state index < -0.39 is 10.0 Å². The Morgan fingerprint density at radius 3 is 2.23 bits per heavy atom. The maximum absolute atomic E-state index is 11.6. The molecule has 3 aromatic carbocycles. The van der Waals surface area contributed by atoms with E-state index in [-0.39, 0.29) is 10.9 Å². The van der Waals surface area contributed by atoms with Crippen LogP contribution in [-0.2, 0) is 10.0 Å². The molecule has 0 bridgehead atoms. The van der Waals surface area contributed by atoms with Gasteiger partial charge in [0, 0.05) is 12.0 Å². The average Bonchev–Trinajstić information content (AvgIpc) is 3.24. The Kier molecular flexibility index (Phi) is 5.67. The van der Waals surface area contributed by atoms with Crippen LogP contribution in [0.15, 0.2) is 82.8 Å². The first-order valence-electron chi connectivity index (χ1n) is 9.67. The molecule has 1 aliphatic heterocycles. The van der Waals surface area contributed by atoms with E-state index in [1.165, 1.54) is 12.1 Å². The lowest BCUT2D eigenvalue weighted by Crippen LogP contribution is -2.19. The van der Waals surface area contributed by atoms with Crippen molar-refractivity contribution in [1.82, 2.24) is 0 Å². The summed E-state index contributed by atoms with van der Waals surface area (Å²) in [5, 5.41) is 12.0. The number of methoxy groups -OCH3 is 2. The van der Waals surface area contributed by atoms with Gasteiger partial charge >= 0.3 is 0 Å². The topological polar surface area (TPSA) is 94.2 Å². The summed E-state index contributed by atoms with van der Waals surface area (Å²) in [7, 11) is -0.493. The number of nitrogens with two attached hydrogens (primary N) is 1. The van der Waals surface area contributed by atoms with E-state index >= 15 is 0 Å². The molecular formula is C23H23N3O4S. The Labute approximate surface area is 181 Å². The standard InChI is InChI=1S/C23H23N3O4S/c1-29-19-10-6-16(7-11-19)23-15-22(17-4-3-5-20(14-17)30-2)25-26(23)18-8-12-21(13-9-18)31(24,27)28/h3-14,23H,15H2,1-2H3,(H2,24,27,28). The number of sulfonamides is 1. The van der Waals surface area contributed by atoms with E-state index in [1.54, 1.807) is 26.4 Å². The molecule has 0 aromatic heterocycles. The van der Waals surface area contributed by atoms with E-state index in [9.17, 15) is 8.42 Å². The molecule has 31 heavy (non-hydrogen) atoms. The highest BCUT2D eigenvalue weighted by Gasteiger charge is 2.30. The van der Waals surface area contributed by atoms with Crippen molar-refractivity contribution >= 4 is 21.4 Å². The van der Waals surface area contributed by atoms with E-state index in [0.29, 0.717) is 6.42 Å². The second-order valence-corrected chi connectivity index (χ2v) is 8.72. The molecule has 3 aromatic rings. The SMILES string of the molecule is COc1ccc(C2CC(c3cccc(OC)c3)=NN2c2ccc(S(N)(=O)=O)cc2)cc1. The third kappa shape index (κ3) is 4.40. The summed E-state index contributed by atoms with van der Waals surface area (Å²) in [5.74, 6) is 1.54. The molecule has 160 valence electrons. The van der Waals surface area contributed by atoms with E-state index in [4.69, 9.17) is 19.7 Å². The first-order valence-corrected chi connectivity index (χ1v) is 11.2. The van der Waals surface area contributed by atoms with Gasteiger partial charge in [-0.15, -0.1) is 0 Å². The van der Waals surface area contributed by atoms with E-state index in [1.807, 2.05) is 53.5 Å². The summed E-state index contributed by atoms with van der Waals surface area (Å²) in [6.07, 6.45) is 0.677. The molecule has 1 heterocycles. The zero-order valence-corrected chi connectivity index (χ0v) is 18.0. The van der Waals surface area contributed by atoms with Crippen LogP contribution in [0, 0.1) is 0 Å². The van der Waals surface area contributed by atoms with Crippen LogP contribution in [0.5, 0.6) is 11.5 Å². The number of hydrogen-bond donors (Lipinski definition) is 1. The van der Waals surface area contributed by atoms with Gasteiger partial charge < -0.3 is 9.47 Å². The largest absolute Gasteiger partial charge is 0.497 e. The fraction of sp³-hybridized carbons (Fsp3) is 0.174. The first kappa shape index (κ1) is 20.9. The molecule has 7 nitrogen and oxygen atoms in total. The molecule has 1 unspecified atom stereocenters. The van der Waals surface area contributed by atoms with Crippen LogP contribution in [0.3, 0.4) is 0 Å². The molecule has 2 N–H and O–H groups in total. The number of benzene rings is 3. The smallest absolute Gasteiger partial charge is 0.238 e. The molecule has 0 spiro atoms. The molecule has 8 heteroatoms. The molecule has 1 atom stereocenters. The van der Waals surface area contributed by atoms with Gasteiger partial charge in [0.1, 0.15) is 11.5 Å². The molecule has 0 radical (unpaired) electrons. The first-order chi connectivity index (χ1) is 14.9. The van der Waals surface area contributed by atoms with Crippen molar-refractivity contribution in [1.29, 1.82) is 0 Å². The van der Waals surface area contributed by atoms with Crippen LogP contribution in [0.1, 0.15) is 23.6 Å². The number of hydrazone groups is 1. The van der Waals surface area contributed by atoms with Gasteiger partial charge in [0.05, 0.1) is 36.6 Å². The van der Waals surface area contributed by atoms with Crippen molar-refractivity contribution in [2.24, 2.45) is 10.2 Å². The Morgan fingerprint density at radius 1 is 0.935 bits per heavy atom. The quantitative estimate of drug-likeness (QED) is 0.634. The zero-order chi connectivity index (χ0) is 22.0. The van der Waals surface area contributed by atoms with Crippen molar-refractivity contribution in [2.45, 2.75) is 17.4 Å². The van der Waals surface area contributed by atoms with Gasteiger partial charge in [0.2, 0.25) is 10.0 Å². The zero-order valence-electron chi connectivity index (χ0n) is 17.2. The van der Waals surface area contributed by atoms with Crippen LogP contribution < -0.4 is 19.6 Å². The van der Waals surface area contributed by atoms with Crippen molar-refractivity contribution in [3.63, 3.8) is 0 Å². The lowest BCUT2D eigenvalue weighted by atomic mass is 9.98. The highest BCUT2D eigenvalue weighted by atomic mass is 32.2. The van der Waals surface area contributed by atoms with Crippen LogP contribution in [0.4, 0.5) is 5.69 Å². The summed E-state index contributed by atoms with van der Waals surface area (Å²) in [4.78, 5) is 0.0634. The van der Waals surface area contributed by atoms with E-state index in [2.05, 4.69) is 0 Å². The fourth-order valence-electron chi connectivity index (χ4n) is 3.60. The fourth-order valence-corrected chi connectivity index (χ4v) is 4.12. The average molecular weight is 438 g/mol. The number of hydrogen-bond acceptors (Lipinski definition) is 6. The third-order valence-corrected chi connectivity index (χ3v) is 6.17. The number of primary sulfonamides is 1. The Hall–Kier alpha value is -3.36. The predicted octanol–water partition coefficient (Wildman–Crippen LogP) is 3.71. The number of nitrogens with zero attached hydrogens (tertiary/aromatic N) is 2. The van der Waals surface area contributed by atoms with Crippen molar-refractivity contribution in [3.05, 3.63) is 83.9 Å². The Morgan fingerprint density at radius 2 is 1.61 bits per heavy atom. The van der Waals surface area contributed by atoms with E-state index in [0.717, 1.165) is 34.0 Å². The molecule has 1 aliphatic rings. The molecule has 0 aliphatic carbocycles. The lowest BCUT2D eigenvalue weighted by Gasteiger charge is -2.24. The minimum absolute atomic E-state index is 0.0626. The maximum Gasteiger partial charge on any atom is 0.238 e. The van der Waals surface area contributed by atoms with Crippen molar-refractivity contribution in [3.8, 4) is 11.5 Å². The van der Waals surface area contributed by atoms with Gasteiger partial charge in [-0.3, -0.25) is 5.01 Å². The number of anilines is 1. The predicted molar refractivity (Wildman–Crippen MR) is 120 cm³/mol. The molecule has 4 rings (SSSR count). The normalized spacial score (nSPS) is 16.2. The highest BCUT2D eigenvalue weighted by Crippen LogP contribution is 2.37. The van der Waals surface area contributed by atoms with Crippen molar-refractivity contribution < 1.29 is 17.9 Å². The van der Waals surface area contributed by atoms with Crippen LogP contribution in [-0.4, -0.2) is 28.3 Å². The van der Waals surface area contributed by atoms with Gasteiger partial charge in [-0.25, -0.2) is 13.6 Å². The summed E-state index contributed by atoms with van der Waals surface area (Å²) in [5.41, 5.74) is 3.72. The second-order valence-electron chi connectivity index (χ2n) is 7.16. The van der Waals surface area contributed by atoms with Gasteiger partial charge in [0.25, 0.3) is 0 Å². The van der Waals surface area contributed by atoms with Crippen LogP contribution in [0.25, 0.3) is 0 Å². The Bertz CT molecular complexity index is 1210. The number of ether oxygens (including phenoxy) is 2. The minimum Gasteiger partial charge on any atom is -0.497 e. The molecular weight excluding hydrogens is 414 g/mol. The monoisotopic (exact) mass is 437 g/mol. The summed E-state index contributed by atoms with van der Waals surface area (Å²) in [6, 6.07) is 22.0. The second kappa shape index (κ2) is 8.41. The van der Waals surface area contributed by atoms with Gasteiger partial charge in [-0.2, -0.15) is 5.10 Å². The van der Waals surface area contributed by atoms with Gasteiger partial charge in [-0.05, 0) is 54.1 Å². The summed E-state index contributed by atoms with van der Waals surface area (Å²) < 4.78 is 33.9. The van der Waals surface area contributed by atoms with Crippen LogP contribution >= 0.6 is 0 Å². The molecule has 0 saturated heterocycles. The molecule has 0 amide bonds. The molecule has 0 fully saturated rings. The Balaban J connectivity index is 1.74. The third-order valence-electron chi connectivity index (χ3n) is 5.24. The number of rotatable bonds is 6. The highest BCUT2D eigenvalue weighted by molar-refractivity contribution is 7.89. The maximum atomic E-state index is 11.6. The minimum atomic E-state index is -3.76.